The van der Waals surface area contributed by atoms with Gasteiger partial charge in [0, 0.05) is 18.7 Å². The van der Waals surface area contributed by atoms with Crippen molar-refractivity contribution < 1.29 is 19.4 Å². The molecule has 0 spiro atoms. The van der Waals surface area contributed by atoms with Gasteiger partial charge in [-0.1, -0.05) is 0 Å². The third-order valence-corrected chi connectivity index (χ3v) is 3.77. The van der Waals surface area contributed by atoms with E-state index in [1.54, 1.807) is 12.1 Å². The van der Waals surface area contributed by atoms with Gasteiger partial charge in [0.2, 0.25) is 0 Å². The summed E-state index contributed by atoms with van der Waals surface area (Å²) in [5, 5.41) is 12.8. The van der Waals surface area contributed by atoms with Gasteiger partial charge in [-0.2, -0.15) is 0 Å². The van der Waals surface area contributed by atoms with Gasteiger partial charge in [0.15, 0.2) is 0 Å². The molecule has 5 nitrogen and oxygen atoms in total. The Morgan fingerprint density at radius 1 is 1.57 bits per heavy atom. The lowest BCUT2D eigenvalue weighted by Crippen LogP contribution is -2.33. The molecular weight excluding hydrogens is 270 g/mol. The van der Waals surface area contributed by atoms with Crippen molar-refractivity contribution in [2.24, 2.45) is 0 Å². The predicted molar refractivity (Wildman–Crippen MR) is 79.8 cm³/mol. The number of rotatable bonds is 6. The van der Waals surface area contributed by atoms with Gasteiger partial charge in [-0.3, -0.25) is 4.79 Å². The summed E-state index contributed by atoms with van der Waals surface area (Å²) in [6, 6.07) is 4.71. The van der Waals surface area contributed by atoms with E-state index in [-0.39, 0.29) is 23.3 Å². The lowest BCUT2D eigenvalue weighted by Gasteiger charge is -2.16. The topological polar surface area (TPSA) is 67.8 Å². The molecule has 0 aliphatic carbocycles. The van der Waals surface area contributed by atoms with E-state index in [4.69, 9.17) is 9.47 Å². The summed E-state index contributed by atoms with van der Waals surface area (Å²) < 4.78 is 10.6. The Labute approximate surface area is 125 Å². The molecule has 2 N–H and O–H groups in total. The molecule has 1 heterocycles. The molecule has 116 valence electrons. The molecule has 0 saturated carbocycles. The standard InChI is InChI=1S/C16H23NO4/c1-11(5-6-12-4-3-9-21-12)17-16(19)14-8-7-13(20-2)10-15(14)18/h7-8,10-12,18H,3-6,9H2,1-2H3,(H,17,19)/t11-,12+/m0/s1. The van der Waals surface area contributed by atoms with Crippen molar-refractivity contribution in [3.63, 3.8) is 0 Å². The summed E-state index contributed by atoms with van der Waals surface area (Å²) >= 11 is 0. The summed E-state index contributed by atoms with van der Waals surface area (Å²) in [6.07, 6.45) is 4.40. The van der Waals surface area contributed by atoms with Crippen LogP contribution in [0.15, 0.2) is 18.2 Å². The van der Waals surface area contributed by atoms with Crippen LogP contribution < -0.4 is 10.1 Å². The van der Waals surface area contributed by atoms with E-state index in [0.717, 1.165) is 32.3 Å². The number of hydrogen-bond donors (Lipinski definition) is 2. The monoisotopic (exact) mass is 293 g/mol. The Kier molecular flexibility index (Phi) is 5.44. The first-order valence-electron chi connectivity index (χ1n) is 7.39. The molecule has 5 heteroatoms. The number of nitrogens with one attached hydrogen (secondary N) is 1. The van der Waals surface area contributed by atoms with Crippen molar-refractivity contribution in [2.45, 2.75) is 44.8 Å². The van der Waals surface area contributed by atoms with Crippen molar-refractivity contribution in [3.05, 3.63) is 23.8 Å². The number of benzene rings is 1. The van der Waals surface area contributed by atoms with Crippen LogP contribution in [0.1, 0.15) is 43.0 Å². The maximum Gasteiger partial charge on any atom is 0.255 e. The molecule has 1 fully saturated rings. The molecule has 2 rings (SSSR count). The Hall–Kier alpha value is -1.75. The number of phenols is 1. The van der Waals surface area contributed by atoms with Crippen molar-refractivity contribution in [3.8, 4) is 11.5 Å². The van der Waals surface area contributed by atoms with Crippen LogP contribution >= 0.6 is 0 Å². The smallest absolute Gasteiger partial charge is 0.255 e. The van der Waals surface area contributed by atoms with Crippen molar-refractivity contribution in [1.29, 1.82) is 0 Å². The first kappa shape index (κ1) is 15.6. The molecule has 0 bridgehead atoms. The fourth-order valence-corrected chi connectivity index (χ4v) is 2.51. The fraction of sp³-hybridized carbons (Fsp3) is 0.562. The highest BCUT2D eigenvalue weighted by Gasteiger charge is 2.18. The zero-order chi connectivity index (χ0) is 15.2. The summed E-state index contributed by atoms with van der Waals surface area (Å²) in [6.45, 7) is 2.82. The molecule has 1 saturated heterocycles. The molecule has 1 aliphatic rings. The molecule has 1 amide bonds. The third-order valence-electron chi connectivity index (χ3n) is 3.77. The molecular formula is C16H23NO4. The highest BCUT2D eigenvalue weighted by Crippen LogP contribution is 2.23. The zero-order valence-corrected chi connectivity index (χ0v) is 12.6. The minimum atomic E-state index is -0.269. The summed E-state index contributed by atoms with van der Waals surface area (Å²) in [5.74, 6) is 0.184. The first-order chi connectivity index (χ1) is 10.1. The summed E-state index contributed by atoms with van der Waals surface area (Å²) in [5.41, 5.74) is 0.264. The number of carbonyl (C=O) groups is 1. The van der Waals surface area contributed by atoms with Gasteiger partial charge in [-0.05, 0) is 44.7 Å². The number of carbonyl (C=O) groups excluding carboxylic acids is 1. The van der Waals surface area contributed by atoms with Crippen LogP contribution in [0.25, 0.3) is 0 Å². The van der Waals surface area contributed by atoms with Crippen molar-refractivity contribution in [1.82, 2.24) is 5.32 Å². The second-order valence-electron chi connectivity index (χ2n) is 5.47. The van der Waals surface area contributed by atoms with Gasteiger partial charge in [-0.15, -0.1) is 0 Å². The highest BCUT2D eigenvalue weighted by atomic mass is 16.5. The summed E-state index contributed by atoms with van der Waals surface area (Å²) in [4.78, 5) is 12.1. The maximum atomic E-state index is 12.1. The number of hydrogen-bond acceptors (Lipinski definition) is 4. The van der Waals surface area contributed by atoms with Crippen LogP contribution in [-0.4, -0.2) is 36.9 Å². The average Bonchev–Trinajstić information content (AvgIpc) is 2.98. The predicted octanol–water partition coefficient (Wildman–Crippen LogP) is 2.48. The molecule has 0 aromatic heterocycles. The highest BCUT2D eigenvalue weighted by molar-refractivity contribution is 5.97. The van der Waals surface area contributed by atoms with Gasteiger partial charge in [0.05, 0.1) is 18.8 Å². The maximum absolute atomic E-state index is 12.1. The van der Waals surface area contributed by atoms with Crippen molar-refractivity contribution >= 4 is 5.91 Å². The Morgan fingerprint density at radius 2 is 2.38 bits per heavy atom. The van der Waals surface area contributed by atoms with E-state index < -0.39 is 0 Å². The second kappa shape index (κ2) is 7.31. The van der Waals surface area contributed by atoms with Crippen LogP contribution in [0.3, 0.4) is 0 Å². The Balaban J connectivity index is 1.85. The number of amides is 1. The number of aromatic hydroxyl groups is 1. The number of methoxy groups -OCH3 is 1. The van der Waals surface area contributed by atoms with Gasteiger partial charge < -0.3 is 19.9 Å². The lowest BCUT2D eigenvalue weighted by molar-refractivity contribution is 0.0897. The van der Waals surface area contributed by atoms with Crippen LogP contribution in [0.4, 0.5) is 0 Å². The molecule has 1 aromatic carbocycles. The van der Waals surface area contributed by atoms with E-state index in [1.165, 1.54) is 13.2 Å². The SMILES string of the molecule is COc1ccc(C(=O)N[C@@H](C)CC[C@H]2CCCO2)c(O)c1. The molecule has 1 aromatic rings. The normalized spacial score (nSPS) is 19.2. The van der Waals surface area contributed by atoms with Gasteiger partial charge >= 0.3 is 0 Å². The van der Waals surface area contributed by atoms with E-state index in [0.29, 0.717) is 11.9 Å². The Morgan fingerprint density at radius 3 is 3.00 bits per heavy atom. The molecule has 0 unspecified atom stereocenters. The van der Waals surface area contributed by atoms with E-state index in [9.17, 15) is 9.90 Å². The minimum absolute atomic E-state index is 0.0446. The van der Waals surface area contributed by atoms with Crippen LogP contribution in [-0.2, 0) is 4.74 Å². The van der Waals surface area contributed by atoms with Crippen LogP contribution in [0.2, 0.25) is 0 Å². The van der Waals surface area contributed by atoms with E-state index >= 15 is 0 Å². The fourth-order valence-electron chi connectivity index (χ4n) is 2.51. The first-order valence-corrected chi connectivity index (χ1v) is 7.39. The van der Waals surface area contributed by atoms with E-state index in [1.807, 2.05) is 6.92 Å². The minimum Gasteiger partial charge on any atom is -0.507 e. The van der Waals surface area contributed by atoms with Gasteiger partial charge in [-0.25, -0.2) is 0 Å². The number of ether oxygens (including phenoxy) is 2. The van der Waals surface area contributed by atoms with Crippen LogP contribution in [0.5, 0.6) is 11.5 Å². The quantitative estimate of drug-likeness (QED) is 0.845. The summed E-state index contributed by atoms with van der Waals surface area (Å²) in [7, 11) is 1.52. The van der Waals surface area contributed by atoms with Crippen LogP contribution in [0, 0.1) is 0 Å². The van der Waals surface area contributed by atoms with Gasteiger partial charge in [0.1, 0.15) is 11.5 Å². The molecule has 2 atom stereocenters. The molecule has 21 heavy (non-hydrogen) atoms. The second-order valence-corrected chi connectivity index (χ2v) is 5.47. The lowest BCUT2D eigenvalue weighted by atomic mass is 10.1. The van der Waals surface area contributed by atoms with Gasteiger partial charge in [0.25, 0.3) is 5.91 Å². The molecule has 0 radical (unpaired) electrons. The van der Waals surface area contributed by atoms with E-state index in [2.05, 4.69) is 5.32 Å². The molecule has 1 aliphatic heterocycles. The largest absolute Gasteiger partial charge is 0.507 e. The third kappa shape index (κ3) is 4.36. The average molecular weight is 293 g/mol. The Bertz CT molecular complexity index is 483. The zero-order valence-electron chi connectivity index (χ0n) is 12.6. The number of phenolic OH excluding ortho intramolecular Hbond substituents is 1. The van der Waals surface area contributed by atoms with Crippen molar-refractivity contribution in [2.75, 3.05) is 13.7 Å².